The lowest BCUT2D eigenvalue weighted by Gasteiger charge is -2.29. The highest BCUT2D eigenvalue weighted by molar-refractivity contribution is 9.10. The molecule has 1 saturated heterocycles. The molecular weight excluding hydrogens is 376 g/mol. The van der Waals surface area contributed by atoms with Crippen LogP contribution < -0.4 is 0 Å². The first-order valence-electron chi connectivity index (χ1n) is 7.74. The second-order valence-electron chi connectivity index (χ2n) is 5.90. The predicted octanol–water partition coefficient (Wildman–Crippen LogP) is 1.73. The van der Waals surface area contributed by atoms with Crippen LogP contribution in [0.5, 0.6) is 0 Å². The van der Waals surface area contributed by atoms with Gasteiger partial charge in [-0.3, -0.25) is 9.69 Å². The minimum Gasteiger partial charge on any atom is -0.448 e. The average Bonchev–Trinajstić information content (AvgIpc) is 2.97. The molecule has 0 spiro atoms. The van der Waals surface area contributed by atoms with Crippen LogP contribution in [-0.4, -0.2) is 58.0 Å². The molecule has 0 atom stereocenters. The van der Waals surface area contributed by atoms with Gasteiger partial charge in [0.2, 0.25) is 5.91 Å². The summed E-state index contributed by atoms with van der Waals surface area (Å²) in [7, 11) is 0. The SMILES string of the molecule is O=C(CN1CCOC1=O)N1CCc2nc3ncc(Br)cc3cc2C1. The van der Waals surface area contributed by atoms with E-state index in [4.69, 9.17) is 4.74 Å². The zero-order valence-corrected chi connectivity index (χ0v) is 14.5. The number of carbonyl (C=O) groups excluding carboxylic acids is 2. The van der Waals surface area contributed by atoms with Crippen molar-refractivity contribution in [3.8, 4) is 0 Å². The van der Waals surface area contributed by atoms with Crippen LogP contribution in [0.2, 0.25) is 0 Å². The van der Waals surface area contributed by atoms with Gasteiger partial charge in [0.1, 0.15) is 13.2 Å². The van der Waals surface area contributed by atoms with Crippen molar-refractivity contribution >= 4 is 39.0 Å². The summed E-state index contributed by atoms with van der Waals surface area (Å²) in [5.41, 5.74) is 2.74. The van der Waals surface area contributed by atoms with Gasteiger partial charge in [0, 0.05) is 41.3 Å². The van der Waals surface area contributed by atoms with E-state index in [1.165, 1.54) is 4.90 Å². The van der Waals surface area contributed by atoms with Gasteiger partial charge in [-0.25, -0.2) is 14.8 Å². The predicted molar refractivity (Wildman–Crippen MR) is 89.3 cm³/mol. The second-order valence-corrected chi connectivity index (χ2v) is 6.81. The third kappa shape index (κ3) is 2.82. The van der Waals surface area contributed by atoms with Crippen LogP contribution in [0.1, 0.15) is 11.3 Å². The van der Waals surface area contributed by atoms with Gasteiger partial charge in [0.05, 0.1) is 6.54 Å². The molecular formula is C16H15BrN4O3. The molecule has 8 heteroatoms. The third-order valence-corrected chi connectivity index (χ3v) is 4.74. The van der Waals surface area contributed by atoms with Crippen molar-refractivity contribution in [2.24, 2.45) is 0 Å². The van der Waals surface area contributed by atoms with Crippen molar-refractivity contribution < 1.29 is 14.3 Å². The van der Waals surface area contributed by atoms with Crippen molar-refractivity contribution in [2.75, 3.05) is 26.2 Å². The van der Waals surface area contributed by atoms with Gasteiger partial charge in [-0.1, -0.05) is 0 Å². The molecule has 4 heterocycles. The van der Waals surface area contributed by atoms with Crippen LogP contribution in [0, 0.1) is 0 Å². The average molecular weight is 391 g/mol. The molecule has 0 unspecified atom stereocenters. The fourth-order valence-corrected chi connectivity index (χ4v) is 3.39. The van der Waals surface area contributed by atoms with Crippen molar-refractivity contribution in [3.63, 3.8) is 0 Å². The number of ether oxygens (including phenoxy) is 1. The topological polar surface area (TPSA) is 75.6 Å². The molecule has 124 valence electrons. The van der Waals surface area contributed by atoms with Crippen molar-refractivity contribution in [1.82, 2.24) is 19.8 Å². The van der Waals surface area contributed by atoms with E-state index in [1.807, 2.05) is 12.1 Å². The van der Waals surface area contributed by atoms with Gasteiger partial charge in [0.15, 0.2) is 5.65 Å². The Morgan fingerprint density at radius 2 is 2.21 bits per heavy atom. The molecule has 0 aromatic carbocycles. The Labute approximate surface area is 146 Å². The fraction of sp³-hybridized carbons (Fsp3) is 0.375. The lowest BCUT2D eigenvalue weighted by molar-refractivity contribution is -0.132. The summed E-state index contributed by atoms with van der Waals surface area (Å²) in [6, 6.07) is 4.01. The summed E-state index contributed by atoms with van der Waals surface area (Å²) >= 11 is 3.41. The lowest BCUT2D eigenvalue weighted by atomic mass is 10.0. The smallest absolute Gasteiger partial charge is 0.410 e. The Morgan fingerprint density at radius 3 is 3.00 bits per heavy atom. The zero-order chi connectivity index (χ0) is 16.7. The summed E-state index contributed by atoms with van der Waals surface area (Å²) in [4.78, 5) is 36.1. The number of aromatic nitrogens is 2. The van der Waals surface area contributed by atoms with E-state index in [2.05, 4.69) is 25.9 Å². The number of cyclic esters (lactones) is 1. The van der Waals surface area contributed by atoms with Crippen LogP contribution in [0.15, 0.2) is 22.8 Å². The highest BCUT2D eigenvalue weighted by Crippen LogP contribution is 2.23. The largest absolute Gasteiger partial charge is 0.448 e. The molecule has 2 aliphatic heterocycles. The minimum absolute atomic E-state index is 0.0630. The summed E-state index contributed by atoms with van der Waals surface area (Å²) in [5, 5.41) is 0.945. The molecule has 24 heavy (non-hydrogen) atoms. The number of hydrogen-bond donors (Lipinski definition) is 0. The van der Waals surface area contributed by atoms with Crippen LogP contribution in [-0.2, 0) is 22.5 Å². The van der Waals surface area contributed by atoms with E-state index in [1.54, 1.807) is 11.1 Å². The molecule has 2 aliphatic rings. The van der Waals surface area contributed by atoms with Gasteiger partial charge >= 0.3 is 6.09 Å². The first-order valence-corrected chi connectivity index (χ1v) is 8.53. The van der Waals surface area contributed by atoms with Crippen LogP contribution in [0.25, 0.3) is 11.0 Å². The molecule has 4 rings (SSSR count). The number of rotatable bonds is 2. The normalized spacial score (nSPS) is 17.1. The van der Waals surface area contributed by atoms with Crippen molar-refractivity contribution in [1.29, 1.82) is 0 Å². The van der Waals surface area contributed by atoms with E-state index < -0.39 is 6.09 Å². The minimum atomic E-state index is -0.413. The fourth-order valence-electron chi connectivity index (χ4n) is 3.04. The number of halogens is 1. The first-order chi connectivity index (χ1) is 11.6. The van der Waals surface area contributed by atoms with E-state index >= 15 is 0 Å². The standard InChI is InChI=1S/C16H15BrN4O3/c17-12-6-10-5-11-8-20(2-1-13(11)19-15(10)18-7-12)14(22)9-21-3-4-24-16(21)23/h5-7H,1-4,8-9H2. The lowest BCUT2D eigenvalue weighted by Crippen LogP contribution is -2.43. The summed E-state index contributed by atoms with van der Waals surface area (Å²) in [6.45, 7) is 2.01. The maximum atomic E-state index is 12.5. The molecule has 0 bridgehead atoms. The Bertz CT molecular complexity index is 841. The van der Waals surface area contributed by atoms with Crippen molar-refractivity contribution in [3.05, 3.63) is 34.1 Å². The molecule has 0 radical (unpaired) electrons. The van der Waals surface area contributed by atoms with E-state index in [0.717, 1.165) is 26.8 Å². The van der Waals surface area contributed by atoms with E-state index in [9.17, 15) is 9.59 Å². The third-order valence-electron chi connectivity index (χ3n) is 4.31. The number of fused-ring (bicyclic) bond motifs is 2. The van der Waals surface area contributed by atoms with Gasteiger partial charge in [-0.05, 0) is 33.6 Å². The molecule has 0 saturated carbocycles. The summed E-state index contributed by atoms with van der Waals surface area (Å²) in [5.74, 6) is -0.0630. The highest BCUT2D eigenvalue weighted by atomic mass is 79.9. The Balaban J connectivity index is 1.54. The number of carbonyl (C=O) groups is 2. The Kier molecular flexibility index (Phi) is 3.84. The molecule has 7 nitrogen and oxygen atoms in total. The quantitative estimate of drug-likeness (QED) is 0.780. The number of nitrogens with zero attached hydrogens (tertiary/aromatic N) is 4. The monoisotopic (exact) mass is 390 g/mol. The first kappa shape index (κ1) is 15.3. The summed E-state index contributed by atoms with van der Waals surface area (Å²) in [6.07, 6.45) is 2.01. The van der Waals surface area contributed by atoms with Crippen LogP contribution in [0.4, 0.5) is 4.79 Å². The Morgan fingerprint density at radius 1 is 1.33 bits per heavy atom. The number of amides is 2. The van der Waals surface area contributed by atoms with Crippen LogP contribution in [0.3, 0.4) is 0 Å². The molecule has 0 N–H and O–H groups in total. The molecule has 0 aliphatic carbocycles. The maximum Gasteiger partial charge on any atom is 0.410 e. The van der Waals surface area contributed by atoms with Crippen molar-refractivity contribution in [2.45, 2.75) is 13.0 Å². The Hall–Kier alpha value is -2.22. The molecule has 2 aromatic heterocycles. The molecule has 2 amide bonds. The highest BCUT2D eigenvalue weighted by Gasteiger charge is 2.28. The van der Waals surface area contributed by atoms with E-state index in [-0.39, 0.29) is 12.5 Å². The van der Waals surface area contributed by atoms with Gasteiger partial charge in [-0.15, -0.1) is 0 Å². The van der Waals surface area contributed by atoms with Gasteiger partial charge in [0.25, 0.3) is 0 Å². The number of pyridine rings is 2. The second kappa shape index (κ2) is 6.01. The maximum absolute atomic E-state index is 12.5. The van der Waals surface area contributed by atoms with Gasteiger partial charge < -0.3 is 9.64 Å². The molecule has 1 fully saturated rings. The van der Waals surface area contributed by atoms with E-state index in [0.29, 0.717) is 32.7 Å². The van der Waals surface area contributed by atoms with Gasteiger partial charge in [-0.2, -0.15) is 0 Å². The summed E-state index contributed by atoms with van der Waals surface area (Å²) < 4.78 is 5.76. The number of hydrogen-bond acceptors (Lipinski definition) is 5. The molecule has 2 aromatic rings. The van der Waals surface area contributed by atoms with Crippen LogP contribution >= 0.6 is 15.9 Å². The zero-order valence-electron chi connectivity index (χ0n) is 12.9.